The number of hydrogen-bond acceptors (Lipinski definition) is 6. The van der Waals surface area contributed by atoms with E-state index in [1.54, 1.807) is 18.2 Å². The molecule has 0 saturated carbocycles. The second kappa shape index (κ2) is 5.12. The second-order valence-electron chi connectivity index (χ2n) is 4.24. The highest BCUT2D eigenvalue weighted by molar-refractivity contribution is 5.90. The van der Waals surface area contributed by atoms with Crippen molar-refractivity contribution in [2.75, 3.05) is 12.1 Å². The molecular formula is C12H10N4O5. The molecule has 9 heteroatoms. The molecule has 3 rings (SSSR count). The number of fused-ring (bicyclic) bond motifs is 1. The molecule has 0 saturated heterocycles. The summed E-state index contributed by atoms with van der Waals surface area (Å²) in [4.78, 5) is 21.7. The van der Waals surface area contributed by atoms with Crippen LogP contribution in [0.4, 0.5) is 11.5 Å². The summed E-state index contributed by atoms with van der Waals surface area (Å²) in [6, 6.07) is 6.24. The van der Waals surface area contributed by atoms with Crippen LogP contribution in [-0.4, -0.2) is 27.4 Å². The van der Waals surface area contributed by atoms with Gasteiger partial charge < -0.3 is 24.9 Å². The zero-order chi connectivity index (χ0) is 14.8. The van der Waals surface area contributed by atoms with Crippen LogP contribution < -0.4 is 14.8 Å². The average molecular weight is 290 g/mol. The number of nitrogens with zero attached hydrogens (tertiary/aromatic N) is 3. The fraction of sp³-hybridized carbons (Fsp3) is 0.167. The van der Waals surface area contributed by atoms with Gasteiger partial charge in [0.25, 0.3) is 0 Å². The van der Waals surface area contributed by atoms with E-state index in [-0.39, 0.29) is 25.1 Å². The van der Waals surface area contributed by atoms with E-state index >= 15 is 0 Å². The smallest absolute Gasteiger partial charge is 0.389 e. The molecule has 1 aromatic heterocycles. The Hall–Kier alpha value is -3.10. The Morgan fingerprint density at radius 1 is 1.38 bits per heavy atom. The minimum Gasteiger partial charge on any atom is -0.454 e. The molecule has 0 aliphatic carbocycles. The number of aromatic nitrogens is 2. The number of carbonyl (C=O) groups excluding carboxylic acids is 1. The first kappa shape index (κ1) is 12.9. The van der Waals surface area contributed by atoms with Gasteiger partial charge in [-0.1, -0.05) is 0 Å². The molecule has 0 bridgehead atoms. The van der Waals surface area contributed by atoms with Gasteiger partial charge in [-0.15, -0.1) is 0 Å². The van der Waals surface area contributed by atoms with Crippen molar-refractivity contribution in [2.45, 2.75) is 6.54 Å². The van der Waals surface area contributed by atoms with Crippen LogP contribution >= 0.6 is 0 Å². The standard InChI is InChI=1S/C12H10N4O5/c17-12(6-15-4-3-11(14-15)16(18)19)13-8-1-2-9-10(5-8)21-7-20-9/h1-5H,6-7H2,(H,13,17). The summed E-state index contributed by atoms with van der Waals surface area (Å²) < 4.78 is 11.6. The van der Waals surface area contributed by atoms with E-state index in [1.165, 1.54) is 16.9 Å². The molecule has 0 radical (unpaired) electrons. The number of ether oxygens (including phenoxy) is 2. The predicted octanol–water partition coefficient (Wildman–Crippen LogP) is 1.16. The molecule has 1 amide bonds. The van der Waals surface area contributed by atoms with Crippen molar-refractivity contribution in [1.29, 1.82) is 0 Å². The lowest BCUT2D eigenvalue weighted by molar-refractivity contribution is -0.389. The van der Waals surface area contributed by atoms with Crippen LogP contribution in [0.1, 0.15) is 0 Å². The number of hydrogen-bond donors (Lipinski definition) is 1. The lowest BCUT2D eigenvalue weighted by Crippen LogP contribution is -2.19. The zero-order valence-corrected chi connectivity index (χ0v) is 10.7. The van der Waals surface area contributed by atoms with E-state index in [2.05, 4.69) is 10.4 Å². The summed E-state index contributed by atoms with van der Waals surface area (Å²) in [5.74, 6) is 0.524. The van der Waals surface area contributed by atoms with Gasteiger partial charge in [0.2, 0.25) is 12.7 Å². The Balaban J connectivity index is 1.64. The molecule has 1 aliphatic heterocycles. The summed E-state index contributed by atoms with van der Waals surface area (Å²) in [5, 5.41) is 16.8. The Morgan fingerprint density at radius 2 is 2.19 bits per heavy atom. The van der Waals surface area contributed by atoms with Gasteiger partial charge in [0, 0.05) is 11.8 Å². The number of nitrogens with one attached hydrogen (secondary N) is 1. The van der Waals surface area contributed by atoms with Gasteiger partial charge in [0.15, 0.2) is 11.5 Å². The lowest BCUT2D eigenvalue weighted by Gasteiger charge is -2.05. The highest BCUT2D eigenvalue weighted by Crippen LogP contribution is 2.34. The predicted molar refractivity (Wildman–Crippen MR) is 70.1 cm³/mol. The van der Waals surface area contributed by atoms with Crippen molar-refractivity contribution in [1.82, 2.24) is 9.78 Å². The maximum atomic E-state index is 11.8. The Labute approximate surface area is 118 Å². The molecule has 2 aromatic rings. The van der Waals surface area contributed by atoms with Crippen molar-refractivity contribution in [3.63, 3.8) is 0 Å². The lowest BCUT2D eigenvalue weighted by atomic mass is 10.3. The molecule has 1 N–H and O–H groups in total. The van der Waals surface area contributed by atoms with Crippen molar-refractivity contribution >= 4 is 17.4 Å². The molecule has 1 aliphatic rings. The first-order valence-corrected chi connectivity index (χ1v) is 5.99. The van der Waals surface area contributed by atoms with Crippen LogP contribution in [0.25, 0.3) is 0 Å². The fourth-order valence-corrected chi connectivity index (χ4v) is 1.86. The highest BCUT2D eigenvalue weighted by atomic mass is 16.7. The van der Waals surface area contributed by atoms with Crippen LogP contribution in [-0.2, 0) is 11.3 Å². The molecule has 0 atom stereocenters. The number of rotatable bonds is 4. The van der Waals surface area contributed by atoms with E-state index in [1.807, 2.05) is 0 Å². The number of anilines is 1. The van der Waals surface area contributed by atoms with Crippen LogP contribution in [0.5, 0.6) is 11.5 Å². The third-order valence-electron chi connectivity index (χ3n) is 2.78. The van der Waals surface area contributed by atoms with Crippen molar-refractivity contribution in [3.05, 3.63) is 40.6 Å². The first-order valence-electron chi connectivity index (χ1n) is 5.99. The van der Waals surface area contributed by atoms with Gasteiger partial charge in [0.05, 0.1) is 17.4 Å². The van der Waals surface area contributed by atoms with E-state index < -0.39 is 4.92 Å². The number of amides is 1. The van der Waals surface area contributed by atoms with Crippen LogP contribution in [0.15, 0.2) is 30.5 Å². The summed E-state index contributed by atoms with van der Waals surface area (Å²) in [6.07, 6.45) is 1.37. The highest BCUT2D eigenvalue weighted by Gasteiger charge is 2.16. The third-order valence-corrected chi connectivity index (χ3v) is 2.78. The normalized spacial score (nSPS) is 12.2. The van der Waals surface area contributed by atoms with Crippen molar-refractivity contribution < 1.29 is 19.2 Å². The van der Waals surface area contributed by atoms with E-state index in [0.29, 0.717) is 17.2 Å². The maximum absolute atomic E-state index is 11.8. The van der Waals surface area contributed by atoms with E-state index in [0.717, 1.165) is 0 Å². The third kappa shape index (κ3) is 2.76. The number of carbonyl (C=O) groups is 1. The molecule has 21 heavy (non-hydrogen) atoms. The topological polar surface area (TPSA) is 109 Å². The molecule has 9 nitrogen and oxygen atoms in total. The zero-order valence-electron chi connectivity index (χ0n) is 10.7. The summed E-state index contributed by atoms with van der Waals surface area (Å²) in [5.41, 5.74) is 0.547. The molecule has 108 valence electrons. The quantitative estimate of drug-likeness (QED) is 0.668. The van der Waals surface area contributed by atoms with Crippen LogP contribution in [0.2, 0.25) is 0 Å². The fourth-order valence-electron chi connectivity index (χ4n) is 1.86. The van der Waals surface area contributed by atoms with Crippen molar-refractivity contribution in [3.8, 4) is 11.5 Å². The molecule has 0 fully saturated rings. The summed E-state index contributed by atoms with van der Waals surface area (Å²) in [6.45, 7) is 0.0337. The molecule has 0 spiro atoms. The Morgan fingerprint density at radius 3 is 2.95 bits per heavy atom. The van der Waals surface area contributed by atoms with Gasteiger partial charge in [-0.3, -0.25) is 4.79 Å². The summed E-state index contributed by atoms with van der Waals surface area (Å²) >= 11 is 0. The monoisotopic (exact) mass is 290 g/mol. The maximum Gasteiger partial charge on any atom is 0.389 e. The van der Waals surface area contributed by atoms with Gasteiger partial charge in [-0.05, 0) is 17.1 Å². The van der Waals surface area contributed by atoms with Crippen molar-refractivity contribution in [2.24, 2.45) is 0 Å². The Bertz CT molecular complexity index is 711. The molecule has 1 aromatic carbocycles. The Kier molecular flexibility index (Phi) is 3.14. The van der Waals surface area contributed by atoms with Crippen LogP contribution in [0, 0.1) is 10.1 Å². The minimum atomic E-state index is -0.619. The van der Waals surface area contributed by atoms with Crippen LogP contribution in [0.3, 0.4) is 0 Å². The van der Waals surface area contributed by atoms with Gasteiger partial charge >= 0.3 is 5.82 Å². The summed E-state index contributed by atoms with van der Waals surface area (Å²) in [7, 11) is 0. The van der Waals surface area contributed by atoms with Gasteiger partial charge in [0.1, 0.15) is 6.54 Å². The van der Waals surface area contributed by atoms with Gasteiger partial charge in [-0.25, -0.2) is 0 Å². The largest absolute Gasteiger partial charge is 0.454 e. The van der Waals surface area contributed by atoms with E-state index in [4.69, 9.17) is 9.47 Å². The SMILES string of the molecule is O=C(Cn1ccc([N+](=O)[O-])n1)Nc1ccc2c(c1)OCO2. The minimum absolute atomic E-state index is 0.123. The van der Waals surface area contributed by atoms with Gasteiger partial charge in [-0.2, -0.15) is 4.68 Å². The van der Waals surface area contributed by atoms with E-state index in [9.17, 15) is 14.9 Å². The second-order valence-corrected chi connectivity index (χ2v) is 4.24. The molecule has 0 unspecified atom stereocenters. The molecule has 2 heterocycles. The number of nitro groups is 1. The average Bonchev–Trinajstić information content (AvgIpc) is 3.06. The molecular weight excluding hydrogens is 280 g/mol. The first-order chi connectivity index (χ1) is 10.1. The number of benzene rings is 1.